The number of rotatable bonds is 11. The number of halogens is 3. The molecule has 0 radical (unpaired) electrons. The summed E-state index contributed by atoms with van der Waals surface area (Å²) in [5, 5.41) is 13.7. The summed E-state index contributed by atoms with van der Waals surface area (Å²) in [5.41, 5.74) is -0.302. The molecule has 0 aliphatic heterocycles. The lowest BCUT2D eigenvalue weighted by Crippen LogP contribution is -2.18. The number of amides is 2. The topological polar surface area (TPSA) is 98.1 Å². The molecule has 0 atom stereocenters. The number of aromatic nitrogens is 3. The van der Waals surface area contributed by atoms with Gasteiger partial charge in [0.05, 0.1) is 30.0 Å². The van der Waals surface area contributed by atoms with Gasteiger partial charge in [-0.1, -0.05) is 36.0 Å². The highest BCUT2D eigenvalue weighted by molar-refractivity contribution is 7.99. The number of alkyl halides is 3. The van der Waals surface area contributed by atoms with Gasteiger partial charge in [0.2, 0.25) is 11.8 Å². The molecule has 0 saturated carbocycles. The van der Waals surface area contributed by atoms with Crippen molar-refractivity contribution in [2.24, 2.45) is 0 Å². The summed E-state index contributed by atoms with van der Waals surface area (Å²) in [6.07, 6.45) is -3.17. The molecule has 0 bridgehead atoms. The third kappa shape index (κ3) is 7.35. The standard InChI is InChI=1S/C24H24F3N5O3S/c1-3-12-32-20(14-21(33)28-17-9-7-8-16(13-17)24(25,26)27)30-31-23(32)36-15-22(34)29-18-10-5-6-11-19(18)35-4-2/h3,5-11,13H,1,4,12,14-15H2,2H3,(H,28,33)(H,29,34). The number of anilines is 2. The lowest BCUT2D eigenvalue weighted by Gasteiger charge is -2.11. The van der Waals surface area contributed by atoms with Crippen LogP contribution < -0.4 is 15.4 Å². The average Bonchev–Trinajstić information content (AvgIpc) is 3.20. The van der Waals surface area contributed by atoms with Crippen LogP contribution in [0, 0.1) is 0 Å². The highest BCUT2D eigenvalue weighted by atomic mass is 32.2. The van der Waals surface area contributed by atoms with Crippen LogP contribution in [0.3, 0.4) is 0 Å². The fourth-order valence-electron chi connectivity index (χ4n) is 3.16. The molecule has 0 spiro atoms. The van der Waals surface area contributed by atoms with Crippen molar-refractivity contribution in [1.82, 2.24) is 14.8 Å². The summed E-state index contributed by atoms with van der Waals surface area (Å²) in [6, 6.07) is 11.4. The van der Waals surface area contributed by atoms with Crippen molar-refractivity contribution in [3.63, 3.8) is 0 Å². The van der Waals surface area contributed by atoms with E-state index in [0.29, 0.717) is 23.2 Å². The van der Waals surface area contributed by atoms with Crippen LogP contribution in [0.15, 0.2) is 66.3 Å². The van der Waals surface area contributed by atoms with Crippen molar-refractivity contribution in [2.75, 3.05) is 23.0 Å². The summed E-state index contributed by atoms with van der Waals surface area (Å²) < 4.78 is 45.9. The third-order valence-electron chi connectivity index (χ3n) is 4.69. The maximum absolute atomic E-state index is 12.9. The minimum atomic E-state index is -4.52. The number of ether oxygens (including phenoxy) is 1. The van der Waals surface area contributed by atoms with E-state index >= 15 is 0 Å². The number of carbonyl (C=O) groups is 2. The predicted octanol–water partition coefficient (Wildman–Crippen LogP) is 4.79. The Morgan fingerprint density at radius 2 is 1.89 bits per heavy atom. The van der Waals surface area contributed by atoms with Crippen LogP contribution in [-0.2, 0) is 28.7 Å². The number of allylic oxidation sites excluding steroid dienone is 1. The zero-order chi connectivity index (χ0) is 26.1. The Bertz CT molecular complexity index is 1230. The summed E-state index contributed by atoms with van der Waals surface area (Å²) in [6.45, 7) is 6.26. The summed E-state index contributed by atoms with van der Waals surface area (Å²) in [4.78, 5) is 25.0. The lowest BCUT2D eigenvalue weighted by molar-refractivity contribution is -0.137. The molecular formula is C24H24F3N5O3S. The molecule has 1 aromatic heterocycles. The number of hydrogen-bond acceptors (Lipinski definition) is 6. The van der Waals surface area contributed by atoms with Gasteiger partial charge in [0.25, 0.3) is 0 Å². The van der Waals surface area contributed by atoms with E-state index in [-0.39, 0.29) is 36.1 Å². The minimum Gasteiger partial charge on any atom is -0.492 e. The van der Waals surface area contributed by atoms with Crippen LogP contribution in [0.4, 0.5) is 24.5 Å². The second-order valence-corrected chi connectivity index (χ2v) is 8.31. The number of nitrogens with zero attached hydrogens (tertiary/aromatic N) is 3. The fraction of sp³-hybridized carbons (Fsp3) is 0.250. The van der Waals surface area contributed by atoms with Crippen molar-refractivity contribution in [1.29, 1.82) is 0 Å². The first-order valence-electron chi connectivity index (χ1n) is 10.9. The van der Waals surface area contributed by atoms with E-state index in [9.17, 15) is 22.8 Å². The molecule has 190 valence electrons. The van der Waals surface area contributed by atoms with Crippen LogP contribution in [0.1, 0.15) is 18.3 Å². The molecule has 3 rings (SSSR count). The normalized spacial score (nSPS) is 11.1. The number of hydrogen-bond donors (Lipinski definition) is 2. The molecule has 8 nitrogen and oxygen atoms in total. The molecule has 0 aliphatic carbocycles. The van der Waals surface area contributed by atoms with E-state index in [1.807, 2.05) is 6.92 Å². The first kappa shape index (κ1) is 26.8. The van der Waals surface area contributed by atoms with Gasteiger partial charge in [-0.3, -0.25) is 9.59 Å². The third-order valence-corrected chi connectivity index (χ3v) is 5.66. The van der Waals surface area contributed by atoms with Crippen molar-refractivity contribution >= 4 is 35.0 Å². The number of benzene rings is 2. The lowest BCUT2D eigenvalue weighted by atomic mass is 10.2. The summed E-state index contributed by atoms with van der Waals surface area (Å²) >= 11 is 1.12. The Morgan fingerprint density at radius 1 is 1.11 bits per heavy atom. The van der Waals surface area contributed by atoms with Gasteiger partial charge in [0.15, 0.2) is 5.16 Å². The molecule has 0 fully saturated rings. The quantitative estimate of drug-likeness (QED) is 0.279. The van der Waals surface area contributed by atoms with Crippen molar-refractivity contribution in [3.8, 4) is 5.75 Å². The highest BCUT2D eigenvalue weighted by Gasteiger charge is 2.30. The van der Waals surface area contributed by atoms with Crippen LogP contribution in [-0.4, -0.2) is 38.9 Å². The molecule has 2 aromatic carbocycles. The molecule has 0 unspecified atom stereocenters. The van der Waals surface area contributed by atoms with Gasteiger partial charge in [0.1, 0.15) is 11.6 Å². The maximum atomic E-state index is 12.9. The predicted molar refractivity (Wildman–Crippen MR) is 131 cm³/mol. The van der Waals surface area contributed by atoms with Crippen molar-refractivity contribution in [2.45, 2.75) is 31.2 Å². The Morgan fingerprint density at radius 3 is 2.61 bits per heavy atom. The van der Waals surface area contributed by atoms with E-state index in [1.54, 1.807) is 34.9 Å². The fourth-order valence-corrected chi connectivity index (χ4v) is 3.93. The Labute approximate surface area is 209 Å². The number of carbonyl (C=O) groups excluding carboxylic acids is 2. The number of thioether (sulfide) groups is 1. The van der Waals surface area contributed by atoms with Gasteiger partial charge >= 0.3 is 6.18 Å². The second kappa shape index (κ2) is 12.2. The molecule has 2 N–H and O–H groups in total. The van der Waals surface area contributed by atoms with Crippen LogP contribution in [0.25, 0.3) is 0 Å². The molecule has 36 heavy (non-hydrogen) atoms. The maximum Gasteiger partial charge on any atom is 0.416 e. The van der Waals surface area contributed by atoms with Crippen LogP contribution in [0.5, 0.6) is 5.75 Å². The highest BCUT2D eigenvalue weighted by Crippen LogP contribution is 2.30. The minimum absolute atomic E-state index is 0.0169. The first-order chi connectivity index (χ1) is 17.2. The van der Waals surface area contributed by atoms with Gasteiger partial charge in [-0.15, -0.1) is 16.8 Å². The summed E-state index contributed by atoms with van der Waals surface area (Å²) in [7, 11) is 0. The van der Waals surface area contributed by atoms with Crippen LogP contribution in [0.2, 0.25) is 0 Å². The van der Waals surface area contributed by atoms with Gasteiger partial charge in [-0.25, -0.2) is 0 Å². The second-order valence-electron chi connectivity index (χ2n) is 7.37. The van der Waals surface area contributed by atoms with Crippen molar-refractivity contribution < 1.29 is 27.5 Å². The van der Waals surface area contributed by atoms with Gasteiger partial charge in [0, 0.05) is 12.2 Å². The number of para-hydroxylation sites is 2. The Balaban J connectivity index is 1.64. The van der Waals surface area contributed by atoms with E-state index in [2.05, 4.69) is 27.4 Å². The molecule has 0 saturated heterocycles. The zero-order valence-corrected chi connectivity index (χ0v) is 20.2. The van der Waals surface area contributed by atoms with Gasteiger partial charge in [-0.05, 0) is 37.3 Å². The molecule has 0 aliphatic rings. The molecule has 2 amide bonds. The van der Waals surface area contributed by atoms with E-state index in [0.717, 1.165) is 23.9 Å². The summed E-state index contributed by atoms with van der Waals surface area (Å²) in [5.74, 6) is 0.0100. The molecule has 1 heterocycles. The average molecular weight is 520 g/mol. The van der Waals surface area contributed by atoms with Crippen molar-refractivity contribution in [3.05, 3.63) is 72.6 Å². The molecular weight excluding hydrogens is 495 g/mol. The Hall–Kier alpha value is -3.80. The molecule has 12 heteroatoms. The smallest absolute Gasteiger partial charge is 0.416 e. The van der Waals surface area contributed by atoms with E-state index in [4.69, 9.17) is 4.74 Å². The molecule has 3 aromatic rings. The van der Waals surface area contributed by atoms with Gasteiger partial charge < -0.3 is 19.9 Å². The van der Waals surface area contributed by atoms with E-state index < -0.39 is 17.6 Å². The van der Waals surface area contributed by atoms with Crippen LogP contribution >= 0.6 is 11.8 Å². The zero-order valence-electron chi connectivity index (χ0n) is 19.3. The largest absolute Gasteiger partial charge is 0.492 e. The first-order valence-corrected chi connectivity index (χ1v) is 11.8. The van der Waals surface area contributed by atoms with E-state index in [1.165, 1.54) is 12.1 Å². The monoisotopic (exact) mass is 519 g/mol. The van der Waals surface area contributed by atoms with Gasteiger partial charge in [-0.2, -0.15) is 13.2 Å². The Kier molecular flexibility index (Phi) is 9.12. The number of nitrogens with one attached hydrogen (secondary N) is 2. The SMILES string of the molecule is C=CCn1c(CC(=O)Nc2cccc(C(F)(F)F)c2)nnc1SCC(=O)Nc1ccccc1OCC.